The van der Waals surface area contributed by atoms with Crippen LogP contribution in [0.3, 0.4) is 0 Å². The van der Waals surface area contributed by atoms with Gasteiger partial charge >= 0.3 is 0 Å². The van der Waals surface area contributed by atoms with E-state index in [4.69, 9.17) is 5.26 Å². The van der Waals surface area contributed by atoms with Crippen molar-refractivity contribution >= 4 is 5.91 Å². The molecule has 0 unspecified atom stereocenters. The van der Waals surface area contributed by atoms with Gasteiger partial charge in [-0.1, -0.05) is 19.9 Å². The minimum Gasteiger partial charge on any atom is -0.355 e. The van der Waals surface area contributed by atoms with Gasteiger partial charge in [-0.25, -0.2) is 4.39 Å². The number of carbonyl (C=O) groups excluding carboxylic acids is 1. The third-order valence-electron chi connectivity index (χ3n) is 2.61. The maximum absolute atomic E-state index is 13.1. The lowest BCUT2D eigenvalue weighted by Gasteiger charge is -2.09. The molecule has 0 aliphatic heterocycles. The maximum atomic E-state index is 13.1. The summed E-state index contributed by atoms with van der Waals surface area (Å²) in [6.07, 6.45) is 0. The van der Waals surface area contributed by atoms with Gasteiger partial charge in [0, 0.05) is 25.6 Å². The smallest absolute Gasteiger partial charge is 0.222 e. The van der Waals surface area contributed by atoms with Crippen molar-refractivity contribution in [2.24, 2.45) is 5.92 Å². The monoisotopic (exact) mass is 263 g/mol. The lowest BCUT2D eigenvalue weighted by molar-refractivity contribution is -0.123. The molecule has 1 amide bonds. The van der Waals surface area contributed by atoms with E-state index in [1.54, 1.807) is 12.1 Å². The van der Waals surface area contributed by atoms with E-state index < -0.39 is 5.82 Å². The van der Waals surface area contributed by atoms with Gasteiger partial charge in [0.25, 0.3) is 0 Å². The Bertz CT molecular complexity index is 480. The molecule has 0 bridgehead atoms. The molecule has 4 nitrogen and oxygen atoms in total. The first kappa shape index (κ1) is 15.1. The summed E-state index contributed by atoms with van der Waals surface area (Å²) >= 11 is 0. The van der Waals surface area contributed by atoms with Gasteiger partial charge < -0.3 is 10.6 Å². The summed E-state index contributed by atoms with van der Waals surface area (Å²) in [6, 6.07) is 6.25. The second-order valence-electron chi connectivity index (χ2n) is 4.55. The highest BCUT2D eigenvalue weighted by atomic mass is 19.1. The molecular formula is C14H18FN3O. The summed E-state index contributed by atoms with van der Waals surface area (Å²) in [5.74, 6) is -0.499. The fourth-order valence-corrected chi connectivity index (χ4v) is 1.48. The molecule has 0 aliphatic rings. The van der Waals surface area contributed by atoms with E-state index in [1.807, 2.05) is 13.8 Å². The third kappa shape index (κ3) is 5.06. The summed E-state index contributed by atoms with van der Waals surface area (Å²) in [7, 11) is 0. The van der Waals surface area contributed by atoms with Crippen molar-refractivity contribution in [3.8, 4) is 6.07 Å². The second kappa shape index (κ2) is 7.49. The molecule has 0 saturated carbocycles. The number of carbonyl (C=O) groups is 1. The number of rotatable bonds is 6. The Labute approximate surface area is 112 Å². The van der Waals surface area contributed by atoms with Crippen molar-refractivity contribution in [1.82, 2.24) is 10.6 Å². The van der Waals surface area contributed by atoms with Gasteiger partial charge in [-0.3, -0.25) is 4.79 Å². The van der Waals surface area contributed by atoms with Gasteiger partial charge in [-0.05, 0) is 17.7 Å². The molecule has 0 atom stereocenters. The Kier molecular flexibility index (Phi) is 5.97. The largest absolute Gasteiger partial charge is 0.355 e. The zero-order valence-electron chi connectivity index (χ0n) is 11.2. The van der Waals surface area contributed by atoms with E-state index in [2.05, 4.69) is 10.6 Å². The van der Waals surface area contributed by atoms with Crippen molar-refractivity contribution in [3.05, 3.63) is 35.1 Å². The van der Waals surface area contributed by atoms with Crippen LogP contribution in [0.25, 0.3) is 0 Å². The molecule has 1 aromatic carbocycles. The molecule has 1 aromatic rings. The predicted molar refractivity (Wildman–Crippen MR) is 70.7 cm³/mol. The number of nitrogens with one attached hydrogen (secondary N) is 2. The Balaban J connectivity index is 2.30. The van der Waals surface area contributed by atoms with Crippen molar-refractivity contribution in [1.29, 1.82) is 5.26 Å². The average molecular weight is 263 g/mol. The minimum atomic E-state index is -0.504. The molecule has 5 heteroatoms. The van der Waals surface area contributed by atoms with Crippen LogP contribution in [0.5, 0.6) is 0 Å². The highest BCUT2D eigenvalue weighted by molar-refractivity contribution is 5.77. The Morgan fingerprint density at radius 2 is 2.16 bits per heavy atom. The van der Waals surface area contributed by atoms with Crippen LogP contribution in [0.15, 0.2) is 18.2 Å². The summed E-state index contributed by atoms with van der Waals surface area (Å²) in [5.41, 5.74) is 0.889. The normalized spacial score (nSPS) is 10.3. The van der Waals surface area contributed by atoms with Crippen LogP contribution >= 0.6 is 0 Å². The van der Waals surface area contributed by atoms with Crippen LogP contribution in [0.1, 0.15) is 25.0 Å². The zero-order valence-corrected chi connectivity index (χ0v) is 11.2. The Morgan fingerprint density at radius 3 is 2.79 bits per heavy atom. The lowest BCUT2D eigenvalue weighted by atomic mass is 10.1. The highest BCUT2D eigenvalue weighted by Crippen LogP contribution is 2.09. The van der Waals surface area contributed by atoms with Gasteiger partial charge in [0.1, 0.15) is 11.9 Å². The van der Waals surface area contributed by atoms with Crippen LogP contribution in [-0.4, -0.2) is 19.0 Å². The van der Waals surface area contributed by atoms with Crippen molar-refractivity contribution in [2.75, 3.05) is 13.1 Å². The molecule has 0 aliphatic carbocycles. The van der Waals surface area contributed by atoms with Crippen LogP contribution in [0.2, 0.25) is 0 Å². The lowest BCUT2D eigenvalue weighted by Crippen LogP contribution is -2.34. The minimum absolute atomic E-state index is 0.0183. The number of halogens is 1. The molecule has 2 N–H and O–H groups in total. The maximum Gasteiger partial charge on any atom is 0.222 e. The molecule has 0 fully saturated rings. The van der Waals surface area contributed by atoms with E-state index in [0.29, 0.717) is 19.6 Å². The summed E-state index contributed by atoms with van der Waals surface area (Å²) < 4.78 is 13.1. The zero-order chi connectivity index (χ0) is 14.3. The Morgan fingerprint density at radius 1 is 1.42 bits per heavy atom. The molecule has 0 saturated heterocycles. The summed E-state index contributed by atoms with van der Waals surface area (Å²) in [4.78, 5) is 11.3. The van der Waals surface area contributed by atoms with Gasteiger partial charge in [-0.15, -0.1) is 0 Å². The fourth-order valence-electron chi connectivity index (χ4n) is 1.48. The van der Waals surface area contributed by atoms with Crippen molar-refractivity contribution < 1.29 is 9.18 Å². The van der Waals surface area contributed by atoms with Crippen molar-refractivity contribution in [3.63, 3.8) is 0 Å². The summed E-state index contributed by atoms with van der Waals surface area (Å²) in [5, 5.41) is 14.6. The van der Waals surface area contributed by atoms with E-state index >= 15 is 0 Å². The van der Waals surface area contributed by atoms with Crippen LogP contribution < -0.4 is 10.6 Å². The first-order chi connectivity index (χ1) is 9.04. The summed E-state index contributed by atoms with van der Waals surface area (Å²) in [6.45, 7) is 5.38. The number of hydrogen-bond donors (Lipinski definition) is 2. The van der Waals surface area contributed by atoms with Crippen LogP contribution in [0, 0.1) is 23.1 Å². The molecular weight excluding hydrogens is 245 g/mol. The van der Waals surface area contributed by atoms with Gasteiger partial charge in [0.05, 0.1) is 5.56 Å². The Hall–Kier alpha value is -1.93. The van der Waals surface area contributed by atoms with Gasteiger partial charge in [0.2, 0.25) is 5.91 Å². The fraction of sp³-hybridized carbons (Fsp3) is 0.429. The number of amides is 1. The molecule has 0 radical (unpaired) electrons. The number of benzene rings is 1. The third-order valence-corrected chi connectivity index (χ3v) is 2.61. The molecule has 0 aromatic heterocycles. The number of hydrogen-bond acceptors (Lipinski definition) is 3. The molecule has 102 valence electrons. The average Bonchev–Trinajstić information content (AvgIpc) is 2.39. The quantitative estimate of drug-likeness (QED) is 0.765. The van der Waals surface area contributed by atoms with Crippen LogP contribution in [0.4, 0.5) is 4.39 Å². The van der Waals surface area contributed by atoms with Crippen LogP contribution in [-0.2, 0) is 11.3 Å². The van der Waals surface area contributed by atoms with E-state index in [-0.39, 0.29) is 17.4 Å². The first-order valence-corrected chi connectivity index (χ1v) is 6.21. The molecule has 1 rings (SSSR count). The molecule has 0 heterocycles. The van der Waals surface area contributed by atoms with Gasteiger partial charge in [-0.2, -0.15) is 5.26 Å². The standard InChI is InChI=1S/C14H18FN3O/c1-10(2)14(19)18-6-5-17-9-11-3-4-13(15)12(7-11)8-16/h3-4,7,10,17H,5-6,9H2,1-2H3,(H,18,19). The van der Waals surface area contributed by atoms with Gasteiger partial charge in [0.15, 0.2) is 0 Å². The van der Waals surface area contributed by atoms with Crippen molar-refractivity contribution in [2.45, 2.75) is 20.4 Å². The number of nitriles is 1. The first-order valence-electron chi connectivity index (χ1n) is 6.21. The SMILES string of the molecule is CC(C)C(=O)NCCNCc1ccc(F)c(C#N)c1. The highest BCUT2D eigenvalue weighted by Gasteiger charge is 2.05. The topological polar surface area (TPSA) is 64.9 Å². The molecule has 19 heavy (non-hydrogen) atoms. The second-order valence-corrected chi connectivity index (χ2v) is 4.55. The van der Waals surface area contributed by atoms with E-state index in [9.17, 15) is 9.18 Å². The van der Waals surface area contributed by atoms with E-state index in [0.717, 1.165) is 5.56 Å². The number of nitrogens with zero attached hydrogens (tertiary/aromatic N) is 1. The van der Waals surface area contributed by atoms with E-state index in [1.165, 1.54) is 12.1 Å². The predicted octanol–water partition coefficient (Wildman–Crippen LogP) is 1.56. The molecule has 0 spiro atoms.